The summed E-state index contributed by atoms with van der Waals surface area (Å²) in [6, 6.07) is 16.5. The first kappa shape index (κ1) is 20.0. The molecule has 1 aliphatic rings. The SMILES string of the molecule is Cc1ccc(C#Cc2ccc(C(Cn3ccnc3)=NOC3CCCCC3)cc2)cc1. The van der Waals surface area contributed by atoms with Crippen molar-refractivity contribution < 1.29 is 4.84 Å². The Hall–Kier alpha value is -3.32. The maximum absolute atomic E-state index is 5.92. The van der Waals surface area contributed by atoms with Crippen LogP contribution in [-0.4, -0.2) is 21.4 Å². The molecule has 4 rings (SSSR count). The Bertz CT molecular complexity index is 1020. The molecule has 1 aliphatic carbocycles. The van der Waals surface area contributed by atoms with Crippen molar-refractivity contribution >= 4 is 5.71 Å². The minimum atomic E-state index is 0.233. The van der Waals surface area contributed by atoms with Gasteiger partial charge in [0.15, 0.2) is 0 Å². The summed E-state index contributed by atoms with van der Waals surface area (Å²) in [7, 11) is 0. The molecular weight excluding hydrogens is 370 g/mol. The third-order valence-corrected chi connectivity index (χ3v) is 5.38. The Morgan fingerprint density at radius 1 is 1.00 bits per heavy atom. The van der Waals surface area contributed by atoms with Gasteiger partial charge in [0, 0.05) is 29.1 Å². The number of rotatable bonds is 5. The first-order valence-corrected chi connectivity index (χ1v) is 10.6. The molecule has 1 fully saturated rings. The average molecular weight is 398 g/mol. The van der Waals surface area contributed by atoms with Crippen molar-refractivity contribution in [2.24, 2.45) is 5.16 Å². The minimum absolute atomic E-state index is 0.233. The topological polar surface area (TPSA) is 39.4 Å². The van der Waals surface area contributed by atoms with E-state index in [4.69, 9.17) is 4.84 Å². The molecular formula is C26H27N3O. The van der Waals surface area contributed by atoms with Gasteiger partial charge in [-0.05, 0) is 56.9 Å². The van der Waals surface area contributed by atoms with Gasteiger partial charge >= 0.3 is 0 Å². The highest BCUT2D eigenvalue weighted by Gasteiger charge is 2.15. The molecule has 0 saturated heterocycles. The van der Waals surface area contributed by atoms with Gasteiger partial charge in [0.1, 0.15) is 11.8 Å². The lowest BCUT2D eigenvalue weighted by molar-refractivity contribution is 0.0326. The highest BCUT2D eigenvalue weighted by Crippen LogP contribution is 2.21. The molecule has 0 aliphatic heterocycles. The van der Waals surface area contributed by atoms with E-state index in [1.54, 1.807) is 12.5 Å². The normalized spacial score (nSPS) is 14.8. The second-order valence-corrected chi connectivity index (χ2v) is 7.83. The molecule has 0 N–H and O–H groups in total. The minimum Gasteiger partial charge on any atom is -0.392 e. The average Bonchev–Trinajstić information content (AvgIpc) is 3.31. The van der Waals surface area contributed by atoms with Gasteiger partial charge in [-0.15, -0.1) is 0 Å². The molecule has 30 heavy (non-hydrogen) atoms. The van der Waals surface area contributed by atoms with Crippen LogP contribution in [0.25, 0.3) is 0 Å². The van der Waals surface area contributed by atoms with Gasteiger partial charge in [-0.3, -0.25) is 0 Å². The standard InChI is InChI=1S/C26H27N3O/c1-21-7-9-22(10-8-21)11-12-23-13-15-24(16-14-23)26(19-29-18-17-27-20-29)28-30-25-5-3-2-4-6-25/h7-10,13-18,20,25H,2-6,19H2,1H3. The molecule has 4 heteroatoms. The highest BCUT2D eigenvalue weighted by molar-refractivity contribution is 6.00. The van der Waals surface area contributed by atoms with Crippen LogP contribution >= 0.6 is 0 Å². The number of benzene rings is 2. The van der Waals surface area contributed by atoms with Crippen LogP contribution in [0.3, 0.4) is 0 Å². The van der Waals surface area contributed by atoms with Crippen LogP contribution in [0.2, 0.25) is 0 Å². The van der Waals surface area contributed by atoms with Crippen molar-refractivity contribution in [1.82, 2.24) is 9.55 Å². The quantitative estimate of drug-likeness (QED) is 0.331. The van der Waals surface area contributed by atoms with Crippen LogP contribution in [0.15, 0.2) is 72.4 Å². The summed E-state index contributed by atoms with van der Waals surface area (Å²) in [6.07, 6.45) is 11.7. The zero-order chi connectivity index (χ0) is 20.6. The van der Waals surface area contributed by atoms with Gasteiger partial charge in [0.25, 0.3) is 0 Å². The Labute approximate surface area is 178 Å². The van der Waals surface area contributed by atoms with E-state index in [1.165, 1.54) is 24.8 Å². The van der Waals surface area contributed by atoms with E-state index >= 15 is 0 Å². The van der Waals surface area contributed by atoms with Gasteiger partial charge in [0.2, 0.25) is 0 Å². The smallest absolute Gasteiger partial charge is 0.127 e. The summed E-state index contributed by atoms with van der Waals surface area (Å²) < 4.78 is 2.01. The number of hydrogen-bond donors (Lipinski definition) is 0. The van der Waals surface area contributed by atoms with E-state index in [0.29, 0.717) is 6.54 Å². The molecule has 0 bridgehead atoms. The van der Waals surface area contributed by atoms with Crippen LogP contribution < -0.4 is 0 Å². The van der Waals surface area contributed by atoms with E-state index in [1.807, 2.05) is 22.9 Å². The monoisotopic (exact) mass is 397 g/mol. The zero-order valence-corrected chi connectivity index (χ0v) is 17.4. The molecule has 3 aromatic rings. The number of hydrogen-bond acceptors (Lipinski definition) is 3. The van der Waals surface area contributed by atoms with Crippen molar-refractivity contribution in [3.63, 3.8) is 0 Å². The van der Waals surface area contributed by atoms with Crippen molar-refractivity contribution in [2.75, 3.05) is 0 Å². The van der Waals surface area contributed by atoms with Gasteiger partial charge in [-0.1, -0.05) is 53.2 Å². The van der Waals surface area contributed by atoms with Crippen LogP contribution in [-0.2, 0) is 11.4 Å². The molecule has 0 amide bonds. The third kappa shape index (κ3) is 5.61. The van der Waals surface area contributed by atoms with Crippen molar-refractivity contribution in [2.45, 2.75) is 51.7 Å². The fraction of sp³-hybridized carbons (Fsp3) is 0.308. The Balaban J connectivity index is 1.50. The van der Waals surface area contributed by atoms with Crippen molar-refractivity contribution in [3.8, 4) is 11.8 Å². The predicted molar refractivity (Wildman–Crippen MR) is 120 cm³/mol. The van der Waals surface area contributed by atoms with Gasteiger partial charge in [0.05, 0.1) is 12.9 Å². The van der Waals surface area contributed by atoms with E-state index in [-0.39, 0.29) is 6.10 Å². The lowest BCUT2D eigenvalue weighted by atomic mass is 9.98. The number of oxime groups is 1. The van der Waals surface area contributed by atoms with Crippen molar-refractivity contribution in [3.05, 3.63) is 89.5 Å². The molecule has 1 saturated carbocycles. The fourth-order valence-electron chi connectivity index (χ4n) is 3.56. The number of nitrogens with zero attached hydrogens (tertiary/aromatic N) is 3. The third-order valence-electron chi connectivity index (χ3n) is 5.38. The molecule has 0 atom stereocenters. The largest absolute Gasteiger partial charge is 0.392 e. The predicted octanol–water partition coefficient (Wildman–Crippen LogP) is 5.34. The summed E-state index contributed by atoms with van der Waals surface area (Å²) in [5, 5.41) is 4.56. The Morgan fingerprint density at radius 2 is 1.67 bits per heavy atom. The van der Waals surface area contributed by atoms with Crippen LogP contribution in [0.1, 0.15) is 54.4 Å². The highest BCUT2D eigenvalue weighted by atomic mass is 16.6. The molecule has 2 aromatic carbocycles. The number of aryl methyl sites for hydroxylation is 1. The summed E-state index contributed by atoms with van der Waals surface area (Å²) in [5.41, 5.74) is 5.18. The maximum Gasteiger partial charge on any atom is 0.127 e. The summed E-state index contributed by atoms with van der Waals surface area (Å²) >= 11 is 0. The Morgan fingerprint density at radius 3 is 2.30 bits per heavy atom. The molecule has 0 radical (unpaired) electrons. The summed E-state index contributed by atoms with van der Waals surface area (Å²) in [5.74, 6) is 6.46. The first-order valence-electron chi connectivity index (χ1n) is 10.6. The van der Waals surface area contributed by atoms with Crippen molar-refractivity contribution in [1.29, 1.82) is 0 Å². The van der Waals surface area contributed by atoms with Crippen LogP contribution in [0.4, 0.5) is 0 Å². The van der Waals surface area contributed by atoms with E-state index in [0.717, 1.165) is 35.2 Å². The second kappa shape index (κ2) is 9.93. The van der Waals surface area contributed by atoms with Gasteiger partial charge in [-0.2, -0.15) is 0 Å². The maximum atomic E-state index is 5.92. The van der Waals surface area contributed by atoms with E-state index in [2.05, 4.69) is 65.3 Å². The molecule has 0 spiro atoms. The summed E-state index contributed by atoms with van der Waals surface area (Å²) in [4.78, 5) is 10.1. The second-order valence-electron chi connectivity index (χ2n) is 7.83. The fourth-order valence-corrected chi connectivity index (χ4v) is 3.56. The first-order chi connectivity index (χ1) is 14.8. The van der Waals surface area contributed by atoms with Gasteiger partial charge < -0.3 is 9.40 Å². The lowest BCUT2D eigenvalue weighted by Gasteiger charge is -2.20. The molecule has 4 nitrogen and oxygen atoms in total. The van der Waals surface area contributed by atoms with E-state index in [9.17, 15) is 0 Å². The number of imidazole rings is 1. The Kier molecular flexibility index (Phi) is 6.61. The molecule has 1 heterocycles. The lowest BCUT2D eigenvalue weighted by Crippen LogP contribution is -2.17. The molecule has 0 unspecified atom stereocenters. The molecule has 152 valence electrons. The van der Waals surface area contributed by atoms with Crippen LogP contribution in [0, 0.1) is 18.8 Å². The molecule has 1 aromatic heterocycles. The van der Waals surface area contributed by atoms with E-state index < -0.39 is 0 Å². The van der Waals surface area contributed by atoms with Gasteiger partial charge in [-0.25, -0.2) is 4.98 Å². The zero-order valence-electron chi connectivity index (χ0n) is 17.4. The summed E-state index contributed by atoms with van der Waals surface area (Å²) in [6.45, 7) is 2.71. The van der Waals surface area contributed by atoms with Crippen LogP contribution in [0.5, 0.6) is 0 Å². The number of aromatic nitrogens is 2.